The second kappa shape index (κ2) is 8.68. The Kier molecular flexibility index (Phi) is 6.61. The fourth-order valence-electron chi connectivity index (χ4n) is 1.98. The lowest BCUT2D eigenvalue weighted by Crippen LogP contribution is -2.14. The van der Waals surface area contributed by atoms with Crippen LogP contribution in [-0.2, 0) is 9.63 Å². The van der Waals surface area contributed by atoms with Gasteiger partial charge in [0.25, 0.3) is 0 Å². The van der Waals surface area contributed by atoms with Crippen molar-refractivity contribution in [2.75, 3.05) is 12.4 Å². The zero-order valence-electron chi connectivity index (χ0n) is 13.3. The Balaban J connectivity index is 2.11. The van der Waals surface area contributed by atoms with Crippen LogP contribution in [-0.4, -0.2) is 18.0 Å². The quantitative estimate of drug-likeness (QED) is 0.752. The Morgan fingerprint density at radius 2 is 2.08 bits per heavy atom. The van der Waals surface area contributed by atoms with Crippen molar-refractivity contribution < 1.29 is 9.63 Å². The molecule has 1 aromatic carbocycles. The first kappa shape index (κ1) is 18.3. The number of carbonyl (C=O) groups excluding carboxylic acids is 1. The van der Waals surface area contributed by atoms with E-state index in [9.17, 15) is 4.79 Å². The van der Waals surface area contributed by atoms with Crippen molar-refractivity contribution >= 4 is 40.5 Å². The maximum absolute atomic E-state index is 12.1. The van der Waals surface area contributed by atoms with Crippen LogP contribution >= 0.6 is 23.2 Å². The number of amides is 1. The second-order valence-corrected chi connectivity index (χ2v) is 5.81. The number of aromatic nitrogens is 1. The van der Waals surface area contributed by atoms with Crippen LogP contribution < -0.4 is 10.8 Å². The van der Waals surface area contributed by atoms with Crippen LogP contribution in [0.5, 0.6) is 0 Å². The molecule has 0 aliphatic carbocycles. The number of anilines is 1. The largest absolute Gasteiger partial charge is 0.324 e. The van der Waals surface area contributed by atoms with Gasteiger partial charge in [-0.3, -0.25) is 20.1 Å². The van der Waals surface area contributed by atoms with Gasteiger partial charge in [-0.25, -0.2) is 0 Å². The summed E-state index contributed by atoms with van der Waals surface area (Å²) in [6.45, 7) is 1.90. The highest BCUT2D eigenvalue weighted by Gasteiger charge is 2.08. The first-order chi connectivity index (χ1) is 11.5. The van der Waals surface area contributed by atoms with Crippen molar-refractivity contribution in [2.45, 2.75) is 13.3 Å². The Bertz CT molecular complexity index is 763. The minimum atomic E-state index is -0.165. The fraction of sp³-hybridized carbons (Fsp3) is 0.176. The third kappa shape index (κ3) is 4.96. The number of halogens is 2. The lowest BCUT2D eigenvalue weighted by atomic mass is 10.1. The van der Waals surface area contributed by atoms with Crippen LogP contribution in [0.3, 0.4) is 0 Å². The molecule has 2 N–H and O–H groups in total. The minimum absolute atomic E-state index is 0.153. The summed E-state index contributed by atoms with van der Waals surface area (Å²) in [5, 5.41) is 3.70. The predicted octanol–water partition coefficient (Wildman–Crippen LogP) is 4.22. The number of rotatable bonds is 6. The highest BCUT2D eigenvalue weighted by Crippen LogP contribution is 2.25. The third-order valence-electron chi connectivity index (χ3n) is 3.25. The summed E-state index contributed by atoms with van der Waals surface area (Å²) < 4.78 is 0. The Hall–Kier alpha value is -2.08. The van der Waals surface area contributed by atoms with E-state index in [1.165, 1.54) is 7.11 Å². The maximum Gasteiger partial charge on any atom is 0.228 e. The topological polar surface area (TPSA) is 63.2 Å². The molecule has 0 bridgehead atoms. The SMILES string of the molecule is CONC(=CCC(=O)Nc1cnccc1C)c1ccc(Cl)c(Cl)c1. The molecule has 0 unspecified atom stereocenters. The van der Waals surface area contributed by atoms with Crippen molar-refractivity contribution in [3.8, 4) is 0 Å². The van der Waals surface area contributed by atoms with E-state index in [4.69, 9.17) is 28.0 Å². The summed E-state index contributed by atoms with van der Waals surface area (Å²) in [5.74, 6) is -0.165. The molecule has 1 aromatic heterocycles. The molecule has 0 spiro atoms. The molecule has 1 heterocycles. The molecule has 0 aliphatic heterocycles. The molecular formula is C17H17Cl2N3O2. The van der Waals surface area contributed by atoms with Crippen LogP contribution in [0.15, 0.2) is 42.7 Å². The smallest absolute Gasteiger partial charge is 0.228 e. The number of pyridine rings is 1. The van der Waals surface area contributed by atoms with Gasteiger partial charge in [-0.2, -0.15) is 0 Å². The molecule has 0 aliphatic rings. The van der Waals surface area contributed by atoms with Crippen molar-refractivity contribution in [1.29, 1.82) is 0 Å². The normalized spacial score (nSPS) is 11.2. The number of carbonyl (C=O) groups is 1. The van der Waals surface area contributed by atoms with Gasteiger partial charge in [-0.1, -0.05) is 29.3 Å². The zero-order valence-corrected chi connectivity index (χ0v) is 14.8. The lowest BCUT2D eigenvalue weighted by Gasteiger charge is -2.11. The van der Waals surface area contributed by atoms with Gasteiger partial charge in [-0.15, -0.1) is 0 Å². The summed E-state index contributed by atoms with van der Waals surface area (Å²) >= 11 is 12.0. The summed E-state index contributed by atoms with van der Waals surface area (Å²) in [6.07, 6.45) is 5.16. The van der Waals surface area contributed by atoms with E-state index < -0.39 is 0 Å². The number of benzene rings is 1. The van der Waals surface area contributed by atoms with E-state index >= 15 is 0 Å². The molecule has 0 saturated heterocycles. The monoisotopic (exact) mass is 365 g/mol. The molecule has 126 valence electrons. The van der Waals surface area contributed by atoms with Gasteiger partial charge in [0, 0.05) is 18.2 Å². The summed E-state index contributed by atoms with van der Waals surface area (Å²) in [7, 11) is 1.49. The highest BCUT2D eigenvalue weighted by molar-refractivity contribution is 6.42. The minimum Gasteiger partial charge on any atom is -0.324 e. The van der Waals surface area contributed by atoms with Crippen molar-refractivity contribution in [1.82, 2.24) is 10.5 Å². The molecular weight excluding hydrogens is 349 g/mol. The number of nitrogens with zero attached hydrogens (tertiary/aromatic N) is 1. The number of nitrogens with one attached hydrogen (secondary N) is 2. The first-order valence-corrected chi connectivity index (χ1v) is 7.92. The molecule has 0 atom stereocenters. The average molecular weight is 366 g/mol. The molecule has 1 amide bonds. The van der Waals surface area contributed by atoms with E-state index in [1.54, 1.807) is 36.7 Å². The van der Waals surface area contributed by atoms with Crippen LogP contribution in [0.25, 0.3) is 5.70 Å². The molecule has 2 rings (SSSR count). The number of hydrogen-bond acceptors (Lipinski definition) is 4. The van der Waals surface area contributed by atoms with Gasteiger partial charge in [0.05, 0.1) is 34.7 Å². The average Bonchev–Trinajstić information content (AvgIpc) is 2.56. The highest BCUT2D eigenvalue weighted by atomic mass is 35.5. The van der Waals surface area contributed by atoms with E-state index in [2.05, 4.69) is 15.8 Å². The summed E-state index contributed by atoms with van der Waals surface area (Å²) in [4.78, 5) is 21.1. The van der Waals surface area contributed by atoms with Gasteiger partial charge >= 0.3 is 0 Å². The molecule has 0 fully saturated rings. The Morgan fingerprint density at radius 1 is 1.29 bits per heavy atom. The van der Waals surface area contributed by atoms with Crippen molar-refractivity contribution in [3.63, 3.8) is 0 Å². The Labute approximate surface area is 150 Å². The molecule has 5 nitrogen and oxygen atoms in total. The van der Waals surface area contributed by atoms with Gasteiger partial charge in [-0.05, 0) is 36.8 Å². The molecule has 0 saturated carbocycles. The zero-order chi connectivity index (χ0) is 17.5. The first-order valence-electron chi connectivity index (χ1n) is 7.16. The molecule has 7 heteroatoms. The van der Waals surface area contributed by atoms with Crippen LogP contribution in [0, 0.1) is 6.92 Å². The fourth-order valence-corrected chi connectivity index (χ4v) is 2.28. The van der Waals surface area contributed by atoms with Crippen LogP contribution in [0.4, 0.5) is 5.69 Å². The standard InChI is InChI=1S/C17H17Cl2N3O2/c1-11-7-8-20-10-16(11)21-17(23)6-5-15(22-24-2)12-3-4-13(18)14(19)9-12/h3-5,7-10,22H,6H2,1-2H3,(H,21,23). The van der Waals surface area contributed by atoms with Gasteiger partial charge in [0.15, 0.2) is 0 Å². The van der Waals surface area contributed by atoms with Gasteiger partial charge in [0.2, 0.25) is 5.91 Å². The molecule has 2 aromatic rings. The number of aryl methyl sites for hydroxylation is 1. The molecule has 24 heavy (non-hydrogen) atoms. The lowest BCUT2D eigenvalue weighted by molar-refractivity contribution is -0.115. The van der Waals surface area contributed by atoms with Crippen LogP contribution in [0.1, 0.15) is 17.5 Å². The van der Waals surface area contributed by atoms with Crippen molar-refractivity contribution in [2.24, 2.45) is 0 Å². The van der Waals surface area contributed by atoms with Crippen LogP contribution in [0.2, 0.25) is 10.0 Å². The van der Waals surface area contributed by atoms with Gasteiger partial charge < -0.3 is 5.32 Å². The number of hydrogen-bond donors (Lipinski definition) is 2. The van der Waals surface area contributed by atoms with Crippen molar-refractivity contribution in [3.05, 3.63) is 63.9 Å². The van der Waals surface area contributed by atoms with E-state index in [0.29, 0.717) is 21.4 Å². The second-order valence-electron chi connectivity index (χ2n) is 5.00. The van der Waals surface area contributed by atoms with E-state index in [1.807, 2.05) is 13.0 Å². The summed E-state index contributed by atoms with van der Waals surface area (Å²) in [5.41, 5.74) is 5.76. The maximum atomic E-state index is 12.1. The summed E-state index contributed by atoms with van der Waals surface area (Å²) in [6, 6.07) is 7.00. The molecule has 0 radical (unpaired) electrons. The van der Waals surface area contributed by atoms with E-state index in [0.717, 1.165) is 11.1 Å². The predicted molar refractivity (Wildman–Crippen MR) is 96.8 cm³/mol. The van der Waals surface area contributed by atoms with E-state index in [-0.39, 0.29) is 12.3 Å². The number of hydroxylamine groups is 1. The Morgan fingerprint density at radius 3 is 2.75 bits per heavy atom. The third-order valence-corrected chi connectivity index (χ3v) is 3.99. The van der Waals surface area contributed by atoms with Gasteiger partial charge in [0.1, 0.15) is 0 Å².